The summed E-state index contributed by atoms with van der Waals surface area (Å²) in [6, 6.07) is 1.99. The summed E-state index contributed by atoms with van der Waals surface area (Å²) in [5.41, 5.74) is 1.06. The zero-order chi connectivity index (χ0) is 11.3. The van der Waals surface area contributed by atoms with Crippen molar-refractivity contribution in [1.29, 1.82) is 0 Å². The molecule has 1 N–H and O–H groups in total. The molecule has 0 aromatic carbocycles. The molecule has 0 spiro atoms. The van der Waals surface area contributed by atoms with Crippen LogP contribution in [-0.4, -0.2) is 12.1 Å². The van der Waals surface area contributed by atoms with Crippen LogP contribution in [0.2, 0.25) is 0 Å². The Morgan fingerprint density at radius 1 is 1.40 bits per heavy atom. The smallest absolute Gasteiger partial charge is 0.133 e. The van der Waals surface area contributed by atoms with Gasteiger partial charge in [-0.1, -0.05) is 6.92 Å². The van der Waals surface area contributed by atoms with Gasteiger partial charge in [0.15, 0.2) is 0 Å². The van der Waals surface area contributed by atoms with Gasteiger partial charge in [-0.3, -0.25) is 0 Å². The highest BCUT2D eigenvalue weighted by atomic mass is 16.5. The zero-order valence-electron chi connectivity index (χ0n) is 10.1. The topological polar surface area (TPSA) is 34.4 Å². The summed E-state index contributed by atoms with van der Waals surface area (Å²) in [6.45, 7) is 10.6. The van der Waals surface area contributed by atoms with E-state index in [4.69, 9.17) is 9.15 Å². The van der Waals surface area contributed by atoms with Crippen molar-refractivity contribution in [1.82, 2.24) is 5.32 Å². The Morgan fingerprint density at radius 3 is 2.73 bits per heavy atom. The Bertz CT molecular complexity index is 286. The van der Waals surface area contributed by atoms with Crippen molar-refractivity contribution >= 4 is 0 Å². The lowest BCUT2D eigenvalue weighted by Crippen LogP contribution is -2.19. The largest absolute Gasteiger partial charge is 0.467 e. The molecule has 0 aliphatic heterocycles. The van der Waals surface area contributed by atoms with Gasteiger partial charge in [-0.05, 0) is 33.4 Å². The summed E-state index contributed by atoms with van der Waals surface area (Å²) in [7, 11) is 0. The van der Waals surface area contributed by atoms with Crippen molar-refractivity contribution in [3.05, 3.63) is 23.7 Å². The minimum Gasteiger partial charge on any atom is -0.467 e. The summed E-state index contributed by atoms with van der Waals surface area (Å²) in [6.07, 6.45) is 1.72. The Balaban J connectivity index is 2.50. The molecular weight excluding hydrogens is 190 g/mol. The molecule has 0 bridgehead atoms. The number of hydrogen-bond acceptors (Lipinski definition) is 3. The minimum atomic E-state index is -0.123. The molecule has 1 aromatic heterocycles. The standard InChI is InChI=1S/C12H21NO2/c1-5-13-8-10-6-7-14-11(10)9-15-12(2,3)4/h6-7,13H,5,8-9H2,1-4H3. The predicted molar refractivity (Wildman–Crippen MR) is 60.6 cm³/mol. The van der Waals surface area contributed by atoms with E-state index in [1.807, 2.05) is 26.8 Å². The van der Waals surface area contributed by atoms with Crippen LogP contribution in [0.5, 0.6) is 0 Å². The molecule has 0 amide bonds. The SMILES string of the molecule is CCNCc1ccoc1COC(C)(C)C. The van der Waals surface area contributed by atoms with E-state index in [0.717, 1.165) is 18.8 Å². The Morgan fingerprint density at radius 2 is 2.13 bits per heavy atom. The fraction of sp³-hybridized carbons (Fsp3) is 0.667. The number of nitrogens with one attached hydrogen (secondary N) is 1. The predicted octanol–water partition coefficient (Wildman–Crippen LogP) is 2.70. The minimum absolute atomic E-state index is 0.123. The molecule has 1 aromatic rings. The molecule has 86 valence electrons. The summed E-state index contributed by atoms with van der Waals surface area (Å²) < 4.78 is 11.1. The van der Waals surface area contributed by atoms with Crippen LogP contribution < -0.4 is 5.32 Å². The Labute approximate surface area is 91.8 Å². The van der Waals surface area contributed by atoms with Gasteiger partial charge in [0.2, 0.25) is 0 Å². The van der Waals surface area contributed by atoms with E-state index in [2.05, 4.69) is 12.2 Å². The van der Waals surface area contributed by atoms with Crippen molar-refractivity contribution in [2.75, 3.05) is 6.54 Å². The van der Waals surface area contributed by atoms with Crippen molar-refractivity contribution in [3.63, 3.8) is 0 Å². The fourth-order valence-corrected chi connectivity index (χ4v) is 1.19. The lowest BCUT2D eigenvalue weighted by Gasteiger charge is -2.19. The summed E-state index contributed by atoms with van der Waals surface area (Å²) in [5, 5.41) is 3.27. The van der Waals surface area contributed by atoms with E-state index in [0.29, 0.717) is 6.61 Å². The summed E-state index contributed by atoms with van der Waals surface area (Å²) >= 11 is 0. The highest BCUT2D eigenvalue weighted by Gasteiger charge is 2.13. The van der Waals surface area contributed by atoms with E-state index in [9.17, 15) is 0 Å². The second-order valence-corrected chi connectivity index (χ2v) is 4.55. The normalized spacial score (nSPS) is 12.0. The zero-order valence-corrected chi connectivity index (χ0v) is 10.1. The van der Waals surface area contributed by atoms with Gasteiger partial charge in [0.05, 0.1) is 11.9 Å². The van der Waals surface area contributed by atoms with Crippen LogP contribution in [0.25, 0.3) is 0 Å². The van der Waals surface area contributed by atoms with Crippen LogP contribution in [0.15, 0.2) is 16.7 Å². The van der Waals surface area contributed by atoms with Gasteiger partial charge in [-0.2, -0.15) is 0 Å². The number of ether oxygens (including phenoxy) is 1. The van der Waals surface area contributed by atoms with Crippen LogP contribution in [-0.2, 0) is 17.9 Å². The summed E-state index contributed by atoms with van der Waals surface area (Å²) in [4.78, 5) is 0. The van der Waals surface area contributed by atoms with E-state index < -0.39 is 0 Å². The molecule has 0 fully saturated rings. The summed E-state index contributed by atoms with van der Waals surface area (Å²) in [5.74, 6) is 0.922. The molecule has 0 unspecified atom stereocenters. The molecule has 3 nitrogen and oxygen atoms in total. The van der Waals surface area contributed by atoms with E-state index in [1.54, 1.807) is 6.26 Å². The van der Waals surface area contributed by atoms with Gasteiger partial charge < -0.3 is 14.5 Å². The maximum atomic E-state index is 5.67. The van der Waals surface area contributed by atoms with Crippen molar-refractivity contribution < 1.29 is 9.15 Å². The van der Waals surface area contributed by atoms with E-state index in [-0.39, 0.29) is 5.60 Å². The third-order valence-electron chi connectivity index (χ3n) is 2.04. The van der Waals surface area contributed by atoms with Crippen LogP contribution >= 0.6 is 0 Å². The highest BCUT2D eigenvalue weighted by Crippen LogP contribution is 2.16. The molecule has 0 radical (unpaired) electrons. The molecule has 15 heavy (non-hydrogen) atoms. The molecule has 0 atom stereocenters. The van der Waals surface area contributed by atoms with Gasteiger partial charge in [-0.25, -0.2) is 0 Å². The van der Waals surface area contributed by atoms with Crippen LogP contribution in [0.1, 0.15) is 39.0 Å². The van der Waals surface area contributed by atoms with Gasteiger partial charge >= 0.3 is 0 Å². The molecule has 1 rings (SSSR count). The second-order valence-electron chi connectivity index (χ2n) is 4.55. The first-order valence-electron chi connectivity index (χ1n) is 5.43. The van der Waals surface area contributed by atoms with Gasteiger partial charge in [-0.15, -0.1) is 0 Å². The number of furan rings is 1. The van der Waals surface area contributed by atoms with Crippen LogP contribution in [0.3, 0.4) is 0 Å². The van der Waals surface area contributed by atoms with Gasteiger partial charge in [0, 0.05) is 12.1 Å². The van der Waals surface area contributed by atoms with E-state index in [1.165, 1.54) is 5.56 Å². The third-order valence-corrected chi connectivity index (χ3v) is 2.04. The van der Waals surface area contributed by atoms with Crippen molar-refractivity contribution in [2.45, 2.75) is 46.4 Å². The maximum Gasteiger partial charge on any atom is 0.133 e. The molecule has 0 saturated heterocycles. The molecule has 0 saturated carbocycles. The quantitative estimate of drug-likeness (QED) is 0.813. The Hall–Kier alpha value is -0.800. The molecule has 3 heteroatoms. The van der Waals surface area contributed by atoms with Crippen LogP contribution in [0, 0.1) is 0 Å². The van der Waals surface area contributed by atoms with Gasteiger partial charge in [0.25, 0.3) is 0 Å². The molecule has 1 heterocycles. The number of rotatable bonds is 5. The van der Waals surface area contributed by atoms with Crippen LogP contribution in [0.4, 0.5) is 0 Å². The number of hydrogen-bond donors (Lipinski definition) is 1. The maximum absolute atomic E-state index is 5.67. The first-order valence-corrected chi connectivity index (χ1v) is 5.43. The highest BCUT2D eigenvalue weighted by molar-refractivity contribution is 5.16. The Kier molecular flexibility index (Phi) is 4.36. The lowest BCUT2D eigenvalue weighted by atomic mass is 10.2. The van der Waals surface area contributed by atoms with Crippen molar-refractivity contribution in [3.8, 4) is 0 Å². The van der Waals surface area contributed by atoms with Gasteiger partial charge in [0.1, 0.15) is 12.4 Å². The monoisotopic (exact) mass is 211 g/mol. The molecule has 0 aliphatic carbocycles. The third kappa shape index (κ3) is 4.49. The molecule has 0 aliphatic rings. The second kappa shape index (κ2) is 5.33. The molecular formula is C12H21NO2. The van der Waals surface area contributed by atoms with Crippen molar-refractivity contribution in [2.24, 2.45) is 0 Å². The fourth-order valence-electron chi connectivity index (χ4n) is 1.19. The van der Waals surface area contributed by atoms with E-state index >= 15 is 0 Å². The average Bonchev–Trinajstić information content (AvgIpc) is 2.57. The first kappa shape index (κ1) is 12.3. The lowest BCUT2D eigenvalue weighted by molar-refractivity contribution is -0.0228. The average molecular weight is 211 g/mol. The first-order chi connectivity index (χ1) is 7.03.